The molecule has 5 heteroatoms. The van der Waals surface area contributed by atoms with E-state index < -0.39 is 6.10 Å². The van der Waals surface area contributed by atoms with Gasteiger partial charge in [0.2, 0.25) is 0 Å². The van der Waals surface area contributed by atoms with Crippen molar-refractivity contribution in [3.05, 3.63) is 41.2 Å². The number of carbonyl (C=O) groups excluding carboxylic acids is 1. The number of hydrogen-bond donors (Lipinski definition) is 2. The van der Waals surface area contributed by atoms with Crippen LogP contribution in [0.3, 0.4) is 0 Å². The SMILES string of the molecule is CC(C)C(O)CNC(=O)c1cnc(Cl)c2ccccc12. The minimum Gasteiger partial charge on any atom is -0.391 e. The number of pyridine rings is 1. The second-order valence-electron chi connectivity index (χ2n) is 5.03. The van der Waals surface area contributed by atoms with Crippen LogP contribution in [-0.2, 0) is 0 Å². The topological polar surface area (TPSA) is 62.2 Å². The first-order chi connectivity index (χ1) is 9.50. The number of aromatic nitrogens is 1. The van der Waals surface area contributed by atoms with Gasteiger partial charge in [-0.1, -0.05) is 49.7 Å². The van der Waals surface area contributed by atoms with Gasteiger partial charge in [-0.25, -0.2) is 4.98 Å². The van der Waals surface area contributed by atoms with E-state index in [0.29, 0.717) is 10.7 Å². The average Bonchev–Trinajstić information content (AvgIpc) is 2.45. The van der Waals surface area contributed by atoms with Crippen molar-refractivity contribution in [3.63, 3.8) is 0 Å². The van der Waals surface area contributed by atoms with Crippen molar-refractivity contribution in [2.75, 3.05) is 6.54 Å². The number of rotatable bonds is 4. The van der Waals surface area contributed by atoms with Crippen LogP contribution in [0.1, 0.15) is 24.2 Å². The van der Waals surface area contributed by atoms with E-state index in [1.54, 1.807) is 0 Å². The predicted octanol–water partition coefficient (Wildman–Crippen LogP) is 2.63. The summed E-state index contributed by atoms with van der Waals surface area (Å²) in [6, 6.07) is 7.35. The highest BCUT2D eigenvalue weighted by molar-refractivity contribution is 6.34. The van der Waals surface area contributed by atoms with Crippen molar-refractivity contribution >= 4 is 28.3 Å². The molecule has 0 saturated heterocycles. The molecule has 1 unspecified atom stereocenters. The zero-order valence-electron chi connectivity index (χ0n) is 11.4. The van der Waals surface area contributed by atoms with Crippen molar-refractivity contribution < 1.29 is 9.90 Å². The Morgan fingerprint density at radius 3 is 2.65 bits per heavy atom. The molecular formula is C15H17ClN2O2. The van der Waals surface area contributed by atoms with Crippen LogP contribution in [0.2, 0.25) is 5.15 Å². The summed E-state index contributed by atoms with van der Waals surface area (Å²) in [5.74, 6) is -0.166. The molecule has 1 atom stereocenters. The molecule has 0 aliphatic carbocycles. The first-order valence-corrected chi connectivity index (χ1v) is 6.88. The van der Waals surface area contributed by atoms with E-state index in [0.717, 1.165) is 10.8 Å². The number of amides is 1. The lowest BCUT2D eigenvalue weighted by molar-refractivity contribution is 0.0873. The predicted molar refractivity (Wildman–Crippen MR) is 79.9 cm³/mol. The Labute approximate surface area is 122 Å². The maximum Gasteiger partial charge on any atom is 0.253 e. The van der Waals surface area contributed by atoms with E-state index in [2.05, 4.69) is 10.3 Å². The quantitative estimate of drug-likeness (QED) is 0.852. The van der Waals surface area contributed by atoms with Gasteiger partial charge in [-0.2, -0.15) is 0 Å². The Bertz CT molecular complexity index is 628. The molecule has 0 aliphatic rings. The van der Waals surface area contributed by atoms with Gasteiger partial charge in [-0.05, 0) is 11.3 Å². The first kappa shape index (κ1) is 14.8. The average molecular weight is 293 g/mol. The van der Waals surface area contributed by atoms with Gasteiger partial charge in [0, 0.05) is 18.1 Å². The zero-order valence-corrected chi connectivity index (χ0v) is 12.2. The lowest BCUT2D eigenvalue weighted by Gasteiger charge is -2.15. The Morgan fingerprint density at radius 2 is 2.00 bits per heavy atom. The van der Waals surface area contributed by atoms with Crippen LogP contribution in [0.5, 0.6) is 0 Å². The summed E-state index contributed by atoms with van der Waals surface area (Å²) < 4.78 is 0. The standard InChI is InChI=1S/C15H17ClN2O2/c1-9(2)13(19)8-18-15(20)12-7-17-14(16)11-6-4-3-5-10(11)12/h3-7,9,13,19H,8H2,1-2H3,(H,18,20). The number of halogens is 1. The third kappa shape index (κ3) is 3.08. The van der Waals surface area contributed by atoms with Crippen LogP contribution in [0.4, 0.5) is 0 Å². The Balaban J connectivity index is 2.25. The summed E-state index contributed by atoms with van der Waals surface area (Å²) in [4.78, 5) is 16.2. The fourth-order valence-corrected chi connectivity index (χ4v) is 2.08. The van der Waals surface area contributed by atoms with E-state index in [9.17, 15) is 9.90 Å². The minimum atomic E-state index is -0.564. The fraction of sp³-hybridized carbons (Fsp3) is 0.333. The summed E-state index contributed by atoms with van der Waals surface area (Å²) in [5, 5.41) is 14.3. The fourth-order valence-electron chi connectivity index (χ4n) is 1.87. The van der Waals surface area contributed by atoms with Gasteiger partial charge in [0.25, 0.3) is 5.91 Å². The molecule has 1 aromatic heterocycles. The highest BCUT2D eigenvalue weighted by Crippen LogP contribution is 2.24. The number of hydrogen-bond acceptors (Lipinski definition) is 3. The molecule has 0 radical (unpaired) electrons. The zero-order chi connectivity index (χ0) is 14.7. The van der Waals surface area contributed by atoms with E-state index in [4.69, 9.17) is 11.6 Å². The normalized spacial score (nSPS) is 12.7. The van der Waals surface area contributed by atoms with E-state index >= 15 is 0 Å². The summed E-state index contributed by atoms with van der Waals surface area (Å²) in [5.41, 5.74) is 0.459. The minimum absolute atomic E-state index is 0.0930. The number of benzene rings is 1. The summed E-state index contributed by atoms with van der Waals surface area (Å²) in [7, 11) is 0. The molecule has 2 aromatic rings. The number of aliphatic hydroxyl groups excluding tert-OH is 1. The van der Waals surface area contributed by atoms with Crippen molar-refractivity contribution in [1.29, 1.82) is 0 Å². The van der Waals surface area contributed by atoms with Gasteiger partial charge in [-0.15, -0.1) is 0 Å². The Hall–Kier alpha value is -1.65. The Kier molecular flexibility index (Phi) is 4.57. The van der Waals surface area contributed by atoms with Gasteiger partial charge in [0.05, 0.1) is 11.7 Å². The van der Waals surface area contributed by atoms with Crippen LogP contribution in [-0.4, -0.2) is 28.6 Å². The molecule has 0 bridgehead atoms. The molecular weight excluding hydrogens is 276 g/mol. The summed E-state index contributed by atoms with van der Waals surface area (Å²) in [6.45, 7) is 4.01. The maximum absolute atomic E-state index is 12.2. The van der Waals surface area contributed by atoms with Crippen LogP contribution in [0.15, 0.2) is 30.5 Å². The maximum atomic E-state index is 12.2. The third-order valence-electron chi connectivity index (χ3n) is 3.23. The molecule has 0 aliphatic heterocycles. The second-order valence-corrected chi connectivity index (χ2v) is 5.39. The number of nitrogens with one attached hydrogen (secondary N) is 1. The van der Waals surface area contributed by atoms with Crippen molar-refractivity contribution in [1.82, 2.24) is 10.3 Å². The lowest BCUT2D eigenvalue weighted by Crippen LogP contribution is -2.34. The third-order valence-corrected chi connectivity index (χ3v) is 3.53. The van der Waals surface area contributed by atoms with Crippen molar-refractivity contribution in [2.24, 2.45) is 5.92 Å². The van der Waals surface area contributed by atoms with Crippen molar-refractivity contribution in [3.8, 4) is 0 Å². The molecule has 4 nitrogen and oxygen atoms in total. The smallest absolute Gasteiger partial charge is 0.253 e. The van der Waals surface area contributed by atoms with Gasteiger partial charge >= 0.3 is 0 Å². The monoisotopic (exact) mass is 292 g/mol. The molecule has 1 amide bonds. The Morgan fingerprint density at radius 1 is 1.35 bits per heavy atom. The molecule has 106 valence electrons. The van der Waals surface area contributed by atoms with Gasteiger partial charge < -0.3 is 10.4 Å². The molecule has 0 spiro atoms. The highest BCUT2D eigenvalue weighted by Gasteiger charge is 2.15. The van der Waals surface area contributed by atoms with E-state index in [1.807, 2.05) is 38.1 Å². The van der Waals surface area contributed by atoms with Gasteiger partial charge in [0.15, 0.2) is 0 Å². The summed E-state index contributed by atoms with van der Waals surface area (Å²) >= 11 is 6.02. The van der Waals surface area contributed by atoms with Crippen LogP contribution in [0.25, 0.3) is 10.8 Å². The molecule has 0 saturated carbocycles. The highest BCUT2D eigenvalue weighted by atomic mass is 35.5. The molecule has 20 heavy (non-hydrogen) atoms. The van der Waals surface area contributed by atoms with Crippen LogP contribution >= 0.6 is 11.6 Å². The van der Waals surface area contributed by atoms with E-state index in [-0.39, 0.29) is 18.4 Å². The van der Waals surface area contributed by atoms with Gasteiger partial charge in [-0.3, -0.25) is 4.79 Å². The van der Waals surface area contributed by atoms with Crippen LogP contribution < -0.4 is 5.32 Å². The number of carbonyl (C=O) groups is 1. The van der Waals surface area contributed by atoms with E-state index in [1.165, 1.54) is 6.20 Å². The summed E-state index contributed by atoms with van der Waals surface area (Å²) in [6.07, 6.45) is 0.896. The number of fused-ring (bicyclic) bond motifs is 1. The van der Waals surface area contributed by atoms with Crippen LogP contribution in [0, 0.1) is 5.92 Å². The molecule has 1 heterocycles. The molecule has 1 aromatic carbocycles. The molecule has 2 rings (SSSR count). The number of aliphatic hydroxyl groups is 1. The van der Waals surface area contributed by atoms with Crippen molar-refractivity contribution in [2.45, 2.75) is 20.0 Å². The molecule has 0 fully saturated rings. The number of nitrogens with zero attached hydrogens (tertiary/aromatic N) is 1. The molecule has 2 N–H and O–H groups in total. The van der Waals surface area contributed by atoms with Gasteiger partial charge in [0.1, 0.15) is 5.15 Å². The first-order valence-electron chi connectivity index (χ1n) is 6.50. The largest absolute Gasteiger partial charge is 0.391 e. The second kappa shape index (κ2) is 6.20. The lowest BCUT2D eigenvalue weighted by atomic mass is 10.1.